The maximum Gasteiger partial charge on any atom is 0.404 e. The highest BCUT2D eigenvalue weighted by Gasteiger charge is 2.22. The van der Waals surface area contributed by atoms with Crippen molar-refractivity contribution in [2.75, 3.05) is 0 Å². The normalized spacial score (nSPS) is 11.1. The summed E-state index contributed by atoms with van der Waals surface area (Å²) in [6.45, 7) is 4.39. The molecule has 0 fully saturated rings. The Labute approximate surface area is 187 Å². The van der Waals surface area contributed by atoms with Crippen LogP contribution in [0.3, 0.4) is 0 Å². The molecule has 0 unspecified atom stereocenters. The minimum atomic E-state index is -0.879. The van der Waals surface area contributed by atoms with Crippen molar-refractivity contribution in [2.45, 2.75) is 42.8 Å². The summed E-state index contributed by atoms with van der Waals surface area (Å²) in [5.41, 5.74) is 6.65. The van der Waals surface area contributed by atoms with Crippen molar-refractivity contribution in [1.29, 1.82) is 0 Å². The number of ether oxygens (including phenoxy) is 1. The van der Waals surface area contributed by atoms with Crippen molar-refractivity contribution < 1.29 is 9.53 Å². The van der Waals surface area contributed by atoms with Crippen molar-refractivity contribution >= 4 is 41.1 Å². The molecule has 3 aromatic rings. The summed E-state index contributed by atoms with van der Waals surface area (Å²) in [6, 6.07) is 8.49. The molecule has 10 heteroatoms. The Morgan fingerprint density at radius 2 is 1.97 bits per heavy atom. The zero-order chi connectivity index (χ0) is 21.8. The Kier molecular flexibility index (Phi) is 7.12. The number of nitrogens with two attached hydrogens (primary N) is 1. The molecule has 30 heavy (non-hydrogen) atoms. The summed E-state index contributed by atoms with van der Waals surface area (Å²) >= 11 is 13.8. The monoisotopic (exact) mass is 466 g/mol. The van der Waals surface area contributed by atoms with Crippen LogP contribution in [-0.4, -0.2) is 20.6 Å². The zero-order valence-electron chi connectivity index (χ0n) is 16.3. The van der Waals surface area contributed by atoms with Gasteiger partial charge in [0.1, 0.15) is 10.9 Å². The smallest absolute Gasteiger partial charge is 0.404 e. The predicted octanol–water partition coefficient (Wildman–Crippen LogP) is 4.80. The number of hydrogen-bond acceptors (Lipinski definition) is 5. The van der Waals surface area contributed by atoms with Crippen LogP contribution in [-0.2, 0) is 17.9 Å². The van der Waals surface area contributed by atoms with Gasteiger partial charge in [-0.1, -0.05) is 54.9 Å². The number of nitrogens with one attached hydrogen (secondary N) is 1. The molecule has 3 rings (SSSR count). The van der Waals surface area contributed by atoms with E-state index in [-0.39, 0.29) is 18.1 Å². The molecule has 0 radical (unpaired) electrons. The Bertz CT molecular complexity index is 1090. The van der Waals surface area contributed by atoms with E-state index in [4.69, 9.17) is 38.7 Å². The average molecular weight is 467 g/mol. The molecule has 0 aliphatic rings. The lowest BCUT2D eigenvalue weighted by molar-refractivity contribution is 0.145. The topological polar surface area (TPSA) is 103 Å². The van der Waals surface area contributed by atoms with Crippen LogP contribution in [0.25, 0.3) is 0 Å². The Morgan fingerprint density at radius 3 is 2.53 bits per heavy atom. The lowest BCUT2D eigenvalue weighted by Gasteiger charge is -2.14. The quantitative estimate of drug-likeness (QED) is 0.520. The van der Waals surface area contributed by atoms with E-state index >= 15 is 0 Å². The number of aromatic nitrogens is 3. The highest BCUT2D eigenvalue weighted by molar-refractivity contribution is 7.99. The first-order valence-corrected chi connectivity index (χ1v) is 10.6. The molecule has 7 nitrogen and oxygen atoms in total. The molecule has 0 bridgehead atoms. The van der Waals surface area contributed by atoms with Crippen molar-refractivity contribution in [3.8, 4) is 0 Å². The minimum absolute atomic E-state index is 0.0741. The number of halogens is 2. The predicted molar refractivity (Wildman–Crippen MR) is 117 cm³/mol. The van der Waals surface area contributed by atoms with Crippen LogP contribution in [0.4, 0.5) is 4.79 Å². The lowest BCUT2D eigenvalue weighted by atomic mass is 10.1. The standard InChI is InChI=1S/C20H20Cl2N4O3S/c1-11(2)18-19(30-15-6-13(21)5-14(22)7-15)26(16(25-18)10-29-20(23)28)9-12-3-4-17(27)24-8-12/h3-8,11H,9-10H2,1-2H3,(H2,23,28)(H,24,27). The number of rotatable bonds is 7. The Hall–Kier alpha value is -2.42. The van der Waals surface area contributed by atoms with E-state index in [9.17, 15) is 9.59 Å². The van der Waals surface area contributed by atoms with Crippen LogP contribution >= 0.6 is 35.0 Å². The van der Waals surface area contributed by atoms with Gasteiger partial charge in [0.15, 0.2) is 6.61 Å². The van der Waals surface area contributed by atoms with E-state index in [0.29, 0.717) is 22.4 Å². The molecule has 2 aromatic heterocycles. The number of nitrogens with zero attached hydrogens (tertiary/aromatic N) is 2. The minimum Gasteiger partial charge on any atom is -0.442 e. The van der Waals surface area contributed by atoms with Gasteiger partial charge in [0, 0.05) is 27.2 Å². The summed E-state index contributed by atoms with van der Waals surface area (Å²) in [4.78, 5) is 30.8. The number of pyridine rings is 1. The van der Waals surface area contributed by atoms with Gasteiger partial charge >= 0.3 is 6.09 Å². The summed E-state index contributed by atoms with van der Waals surface area (Å²) < 4.78 is 6.94. The van der Waals surface area contributed by atoms with E-state index in [1.807, 2.05) is 30.5 Å². The van der Waals surface area contributed by atoms with Crippen molar-refractivity contribution in [1.82, 2.24) is 14.5 Å². The molecule has 158 valence electrons. The van der Waals surface area contributed by atoms with Gasteiger partial charge in [0.2, 0.25) is 5.56 Å². The molecule has 0 aliphatic carbocycles. The Morgan fingerprint density at radius 1 is 1.27 bits per heavy atom. The molecular formula is C20H20Cl2N4O3S. The third kappa shape index (κ3) is 5.59. The van der Waals surface area contributed by atoms with Gasteiger partial charge in [-0.2, -0.15) is 0 Å². The largest absolute Gasteiger partial charge is 0.442 e. The summed E-state index contributed by atoms with van der Waals surface area (Å²) in [5.74, 6) is 0.644. The maximum atomic E-state index is 11.4. The number of benzene rings is 1. The third-order valence-corrected chi connectivity index (χ3v) is 5.69. The fourth-order valence-electron chi connectivity index (χ4n) is 2.82. The molecule has 0 spiro atoms. The first-order chi connectivity index (χ1) is 14.2. The number of imidazole rings is 1. The van der Waals surface area contributed by atoms with E-state index in [0.717, 1.165) is 21.2 Å². The van der Waals surface area contributed by atoms with Gasteiger partial charge in [-0.25, -0.2) is 9.78 Å². The fourth-order valence-corrected chi connectivity index (χ4v) is 4.73. The number of carbonyl (C=O) groups excluding carboxylic acids is 1. The van der Waals surface area contributed by atoms with Crippen molar-refractivity contribution in [2.24, 2.45) is 5.73 Å². The number of carbonyl (C=O) groups is 1. The average Bonchev–Trinajstić information content (AvgIpc) is 2.98. The fraction of sp³-hybridized carbons (Fsp3) is 0.250. The van der Waals surface area contributed by atoms with Gasteiger partial charge in [-0.3, -0.25) is 4.79 Å². The number of primary amides is 1. The SMILES string of the molecule is CC(C)c1nc(COC(N)=O)n(Cc2ccc(=O)[nH]c2)c1Sc1cc(Cl)cc(Cl)c1. The van der Waals surface area contributed by atoms with Gasteiger partial charge in [-0.15, -0.1) is 0 Å². The van der Waals surface area contributed by atoms with E-state index in [1.165, 1.54) is 17.8 Å². The van der Waals surface area contributed by atoms with Crippen LogP contribution in [0.2, 0.25) is 10.0 Å². The van der Waals surface area contributed by atoms with E-state index in [1.54, 1.807) is 18.3 Å². The number of hydrogen-bond donors (Lipinski definition) is 2. The molecule has 1 aromatic carbocycles. The van der Waals surface area contributed by atoms with Crippen LogP contribution in [0, 0.1) is 0 Å². The third-order valence-electron chi connectivity index (χ3n) is 4.16. The van der Waals surface area contributed by atoms with Crippen LogP contribution in [0.5, 0.6) is 0 Å². The molecule has 0 saturated carbocycles. The lowest BCUT2D eigenvalue weighted by Crippen LogP contribution is -2.16. The van der Waals surface area contributed by atoms with Crippen molar-refractivity contribution in [3.05, 3.63) is 74.0 Å². The van der Waals surface area contributed by atoms with Crippen LogP contribution in [0.1, 0.15) is 36.8 Å². The molecule has 2 heterocycles. The van der Waals surface area contributed by atoms with Crippen LogP contribution in [0.15, 0.2) is 51.2 Å². The molecule has 0 saturated heterocycles. The number of H-pyrrole nitrogens is 1. The summed E-state index contributed by atoms with van der Waals surface area (Å²) in [5, 5.41) is 1.91. The molecule has 0 atom stereocenters. The number of aromatic amines is 1. The Balaban J connectivity index is 2.09. The molecule has 0 aliphatic heterocycles. The second kappa shape index (κ2) is 9.59. The second-order valence-corrected chi connectivity index (χ2v) is 8.77. The summed E-state index contributed by atoms with van der Waals surface area (Å²) in [7, 11) is 0. The van der Waals surface area contributed by atoms with Gasteiger partial charge in [0.05, 0.1) is 12.2 Å². The maximum absolute atomic E-state index is 11.4. The van der Waals surface area contributed by atoms with Gasteiger partial charge in [0.25, 0.3) is 0 Å². The first kappa shape index (κ1) is 22.3. The van der Waals surface area contributed by atoms with Crippen molar-refractivity contribution in [3.63, 3.8) is 0 Å². The summed E-state index contributed by atoms with van der Waals surface area (Å²) in [6.07, 6.45) is 0.761. The van der Waals surface area contributed by atoms with E-state index in [2.05, 4.69) is 4.98 Å². The highest BCUT2D eigenvalue weighted by Crippen LogP contribution is 2.37. The molecule has 3 N–H and O–H groups in total. The number of amides is 1. The molecular weight excluding hydrogens is 447 g/mol. The second-order valence-electron chi connectivity index (χ2n) is 6.84. The van der Waals surface area contributed by atoms with Gasteiger partial charge in [-0.05, 0) is 29.7 Å². The van der Waals surface area contributed by atoms with Gasteiger partial charge < -0.3 is 20.0 Å². The first-order valence-electron chi connectivity index (χ1n) is 9.06. The highest BCUT2D eigenvalue weighted by atomic mass is 35.5. The van der Waals surface area contributed by atoms with Crippen LogP contribution < -0.4 is 11.3 Å². The molecule has 1 amide bonds. The van der Waals surface area contributed by atoms with E-state index < -0.39 is 6.09 Å². The zero-order valence-corrected chi connectivity index (χ0v) is 18.6.